The summed E-state index contributed by atoms with van der Waals surface area (Å²) in [5, 5.41) is 14.4. The van der Waals surface area contributed by atoms with Gasteiger partial charge in [0.25, 0.3) is 0 Å². The third kappa shape index (κ3) is 11.2. The van der Waals surface area contributed by atoms with E-state index in [2.05, 4.69) is 58.9 Å². The molecule has 0 radical (unpaired) electrons. The molecule has 0 saturated carbocycles. The van der Waals surface area contributed by atoms with E-state index in [9.17, 15) is 43.3 Å². The third-order valence-electron chi connectivity index (χ3n) is 9.22. The number of nitrogens with one attached hydrogen (secondary N) is 1. The summed E-state index contributed by atoms with van der Waals surface area (Å²) in [5.41, 5.74) is 11.6. The van der Waals surface area contributed by atoms with Crippen LogP contribution in [0.2, 0.25) is 0 Å². The second kappa shape index (κ2) is 19.2. The fourth-order valence-electron chi connectivity index (χ4n) is 6.40. The van der Waals surface area contributed by atoms with Crippen LogP contribution in [0, 0.1) is 3.57 Å². The first-order chi connectivity index (χ1) is 28.4. The third-order valence-corrected chi connectivity index (χ3v) is 11.8. The molecule has 2 fully saturated rings. The van der Waals surface area contributed by atoms with E-state index < -0.39 is 95.4 Å². The van der Waals surface area contributed by atoms with Gasteiger partial charge in [-0.05, 0) is 46.7 Å². The maximum Gasteiger partial charge on any atom is 0.472 e. The summed E-state index contributed by atoms with van der Waals surface area (Å²) in [6.45, 7) is 1.89. The number of carbonyl (C=O) groups is 2. The summed E-state index contributed by atoms with van der Waals surface area (Å²) in [6, 6.07) is 7.14. The number of benzene rings is 1. The van der Waals surface area contributed by atoms with Gasteiger partial charge in [-0.1, -0.05) is 24.3 Å². The fourth-order valence-corrected chi connectivity index (χ4v) is 8.30. The van der Waals surface area contributed by atoms with Gasteiger partial charge in [0.1, 0.15) is 54.3 Å². The van der Waals surface area contributed by atoms with Gasteiger partial charge in [-0.3, -0.25) is 27.5 Å². The summed E-state index contributed by atoms with van der Waals surface area (Å²) in [5.74, 6) is -1.56. The number of nitrogens with two attached hydrogens (primary N) is 2. The molecule has 24 nitrogen and oxygen atoms in total. The number of aliphatic hydroxyl groups is 1. The van der Waals surface area contributed by atoms with Crippen molar-refractivity contribution < 1.29 is 66.3 Å². The van der Waals surface area contributed by atoms with Crippen molar-refractivity contribution in [1.82, 2.24) is 34.4 Å². The molecule has 3 aromatic heterocycles. The van der Waals surface area contributed by atoms with Crippen molar-refractivity contribution in [1.29, 1.82) is 0 Å². The molecular weight excluding hydrogens is 951 g/mol. The first-order valence-electron chi connectivity index (χ1n) is 17.9. The van der Waals surface area contributed by atoms with Crippen LogP contribution in [0.4, 0.5) is 11.6 Å². The van der Waals surface area contributed by atoms with Crippen LogP contribution >= 0.6 is 38.2 Å². The van der Waals surface area contributed by atoms with Crippen molar-refractivity contribution in [3.05, 3.63) is 81.5 Å². The van der Waals surface area contributed by atoms with Gasteiger partial charge in [-0.2, -0.15) is 4.98 Å². The number of anilines is 2. The van der Waals surface area contributed by atoms with E-state index in [-0.39, 0.29) is 42.1 Å². The molecule has 1 amide bonds. The Hall–Kier alpha value is -4.24. The molecule has 2 aliphatic rings. The average Bonchev–Trinajstić information content (AvgIpc) is 3.88. The van der Waals surface area contributed by atoms with Crippen molar-refractivity contribution >= 4 is 72.9 Å². The molecule has 0 aliphatic carbocycles. The van der Waals surface area contributed by atoms with Crippen LogP contribution in [0.3, 0.4) is 0 Å². The van der Waals surface area contributed by atoms with Crippen LogP contribution in [0.1, 0.15) is 37.3 Å². The minimum atomic E-state index is -5.22. The molecule has 5 heterocycles. The number of esters is 1. The number of allylic oxidation sites excluding steroid dienone is 1. The van der Waals surface area contributed by atoms with Crippen molar-refractivity contribution in [3.63, 3.8) is 0 Å². The number of halogens is 1. The molecule has 4 aromatic rings. The van der Waals surface area contributed by atoms with E-state index in [0.29, 0.717) is 12.0 Å². The van der Waals surface area contributed by atoms with Gasteiger partial charge < -0.3 is 50.8 Å². The van der Waals surface area contributed by atoms with Crippen LogP contribution in [-0.4, -0.2) is 111 Å². The molecule has 9 N–H and O–H groups in total. The van der Waals surface area contributed by atoms with E-state index >= 15 is 0 Å². The Morgan fingerprint density at radius 3 is 2.53 bits per heavy atom. The lowest BCUT2D eigenvalue weighted by Crippen LogP contribution is -2.47. The molecule has 2 saturated heterocycles. The van der Waals surface area contributed by atoms with Crippen molar-refractivity contribution in [2.75, 3.05) is 24.7 Å². The van der Waals surface area contributed by atoms with Crippen LogP contribution in [0.25, 0.3) is 11.2 Å². The van der Waals surface area contributed by atoms with E-state index in [4.69, 9.17) is 34.7 Å². The predicted octanol–water partition coefficient (Wildman–Crippen LogP) is 0.615. The van der Waals surface area contributed by atoms with Crippen molar-refractivity contribution in [3.8, 4) is 0 Å². The second-order valence-electron chi connectivity index (χ2n) is 13.4. The number of nitrogen functional groups attached to an aromatic ring is 2. The highest BCUT2D eigenvalue weighted by Crippen LogP contribution is 2.50. The lowest BCUT2D eigenvalue weighted by Gasteiger charge is -2.26. The number of ether oxygens (including phenoxy) is 3. The number of carbonyl (C=O) groups excluding carboxylic acids is 2. The average molecular weight is 992 g/mol. The minimum Gasteiger partial charge on any atom is -0.455 e. The predicted molar refractivity (Wildman–Crippen MR) is 214 cm³/mol. The summed E-state index contributed by atoms with van der Waals surface area (Å²) < 4.78 is 61.1. The number of aliphatic hydroxyl groups excluding tert-OH is 1. The second-order valence-corrected chi connectivity index (χ2v) is 17.2. The first kappa shape index (κ1) is 45.3. The topological polar surface area (TPSA) is 347 Å². The highest BCUT2D eigenvalue weighted by Gasteiger charge is 2.50. The van der Waals surface area contributed by atoms with Gasteiger partial charge in [0.05, 0.1) is 19.5 Å². The zero-order valence-corrected chi connectivity index (χ0v) is 35.1. The zero-order chi connectivity index (χ0) is 43.4. The lowest BCUT2D eigenvalue weighted by atomic mass is 10.0. The maximum atomic E-state index is 14.0. The first-order valence-corrected chi connectivity index (χ1v) is 22.0. The van der Waals surface area contributed by atoms with Crippen LogP contribution in [-0.2, 0) is 52.9 Å². The number of amides is 1. The standard InChI is InChI=1S/C33H40IN9O15P2/c1-2-3-8-24(44)40-19(11-17-6-4-5-7-18(17)34)32(46)57-28-22(56-31(27(28)45)43-16-39-26-29(36)37-15-38-30(26)43)14-54-60(51,52)58-20-12-25(42-10-9-23(35)41-33(42)47)55-21(20)13-53-59(48,49)50/h2,4-7,9-10,15-16,19-22,25,27-28,31,45H,1,3,8,11-14H2,(H,40,44)(H,51,52)(H2,35,41,47)(H2,36,37,38)(H2,48,49,50)/t19?,20-,21+,22-,25+,27+,28+,31+/m0/s1. The molecule has 60 heavy (non-hydrogen) atoms. The Morgan fingerprint density at radius 2 is 1.82 bits per heavy atom. The van der Waals surface area contributed by atoms with Gasteiger partial charge in [0.15, 0.2) is 23.8 Å². The highest BCUT2D eigenvalue weighted by atomic mass is 127. The molecule has 324 valence electrons. The molecular formula is C33H40IN9O15P2. The Bertz CT molecular complexity index is 2370. The summed E-state index contributed by atoms with van der Waals surface area (Å²) in [6.07, 6.45) is -5.24. The van der Waals surface area contributed by atoms with Gasteiger partial charge in [-0.15, -0.1) is 6.58 Å². The Labute approximate surface area is 353 Å². The molecule has 1 aromatic carbocycles. The summed E-state index contributed by atoms with van der Waals surface area (Å²) in [4.78, 5) is 84.8. The number of imidazole rings is 1. The van der Waals surface area contributed by atoms with Gasteiger partial charge >= 0.3 is 27.3 Å². The number of hydrogen-bond donors (Lipinski definition) is 7. The smallest absolute Gasteiger partial charge is 0.455 e. The number of rotatable bonds is 18. The van der Waals surface area contributed by atoms with E-state index in [1.54, 1.807) is 24.3 Å². The molecule has 2 aliphatic heterocycles. The molecule has 9 atom stereocenters. The SMILES string of the molecule is C=CCCC(=O)NC(Cc1ccccc1I)C(=O)O[C@H]1[C@@H](O)[C@H](n2cnc3c(N)ncnc32)O[C@H]1COP(=O)(O)O[C@H]1C[C@H](n2ccc(N)nc2=O)O[C@@H]1COP(=O)(O)O. The molecule has 27 heteroatoms. The number of fused-ring (bicyclic) bond motifs is 1. The van der Waals surface area contributed by atoms with Crippen molar-refractivity contribution in [2.45, 2.75) is 74.7 Å². The van der Waals surface area contributed by atoms with Crippen LogP contribution in [0.5, 0.6) is 0 Å². The Kier molecular flexibility index (Phi) is 14.5. The largest absolute Gasteiger partial charge is 0.472 e. The normalized spacial score (nSPS) is 24.5. The number of hydrogen-bond acceptors (Lipinski definition) is 18. The van der Waals surface area contributed by atoms with E-state index in [1.807, 2.05) is 6.07 Å². The Morgan fingerprint density at radius 1 is 1.07 bits per heavy atom. The van der Waals surface area contributed by atoms with Gasteiger partial charge in [0, 0.05) is 29.0 Å². The van der Waals surface area contributed by atoms with Crippen molar-refractivity contribution in [2.24, 2.45) is 0 Å². The van der Waals surface area contributed by atoms with Gasteiger partial charge in [-0.25, -0.2) is 33.7 Å². The summed E-state index contributed by atoms with van der Waals surface area (Å²) in [7, 11) is -10.3. The zero-order valence-electron chi connectivity index (χ0n) is 31.2. The number of nitrogens with zero attached hydrogens (tertiary/aromatic N) is 6. The van der Waals surface area contributed by atoms with Crippen LogP contribution in [0.15, 0.2) is 66.6 Å². The molecule has 0 bridgehead atoms. The monoisotopic (exact) mass is 991 g/mol. The quantitative estimate of drug-likeness (QED) is 0.0311. The minimum absolute atomic E-state index is 0.00994. The lowest BCUT2D eigenvalue weighted by molar-refractivity contribution is -0.160. The molecule has 0 spiro atoms. The maximum absolute atomic E-state index is 14.0. The molecule has 6 rings (SSSR count). The fraction of sp³-hybridized carbons (Fsp3) is 0.424. The van der Waals surface area contributed by atoms with Gasteiger partial charge in [0.2, 0.25) is 5.91 Å². The Balaban J connectivity index is 1.24. The molecule has 2 unspecified atom stereocenters. The van der Waals surface area contributed by atoms with E-state index in [1.165, 1.54) is 23.2 Å². The van der Waals surface area contributed by atoms with E-state index in [0.717, 1.165) is 14.5 Å². The highest BCUT2D eigenvalue weighted by molar-refractivity contribution is 14.1. The van der Waals surface area contributed by atoms with Crippen LogP contribution < -0.4 is 22.5 Å². The number of aromatic nitrogens is 6. The number of phosphoric acid groups is 2. The number of phosphoric ester groups is 2. The summed E-state index contributed by atoms with van der Waals surface area (Å²) >= 11 is 2.08.